The molecule has 0 atom stereocenters. The molecule has 4 aromatic carbocycles. The SMILES string of the molecule is NC(=O)c1cc(N)ccc1SSc1ccc(N)cc1C(N)=O.NC(=O)c1cc([N+](=O)[O-])ccc1SSc1ccc([N+](=O)[O-])cc1C(N)=O. The van der Waals surface area contributed by atoms with E-state index in [0.717, 1.165) is 33.7 Å². The van der Waals surface area contributed by atoms with Gasteiger partial charge in [0, 0.05) is 55.2 Å². The second-order valence-corrected chi connectivity index (χ2v) is 13.6. The van der Waals surface area contributed by atoms with Gasteiger partial charge in [0.15, 0.2) is 0 Å². The van der Waals surface area contributed by atoms with E-state index in [4.69, 9.17) is 34.4 Å². The number of amides is 4. The molecule has 16 nitrogen and oxygen atoms in total. The minimum atomic E-state index is -0.851. The number of primary amides is 4. The Hall–Kier alpha value is -5.44. The summed E-state index contributed by atoms with van der Waals surface area (Å²) in [7, 11) is 4.59. The predicted octanol–water partition coefficient (Wildman–Crippen LogP) is 4.35. The first kappa shape index (κ1) is 37.0. The van der Waals surface area contributed by atoms with Gasteiger partial charge in [0.25, 0.3) is 11.4 Å². The summed E-state index contributed by atoms with van der Waals surface area (Å²) in [6.07, 6.45) is 0. The third-order valence-electron chi connectivity index (χ3n) is 5.86. The Morgan fingerprint density at radius 2 is 0.708 bits per heavy atom. The number of benzene rings is 4. The molecule has 4 aromatic rings. The summed E-state index contributed by atoms with van der Waals surface area (Å²) in [4.78, 5) is 68.3. The fourth-order valence-electron chi connectivity index (χ4n) is 3.60. The Labute approximate surface area is 286 Å². The van der Waals surface area contributed by atoms with Crippen LogP contribution >= 0.6 is 43.2 Å². The van der Waals surface area contributed by atoms with E-state index in [0.29, 0.717) is 42.1 Å². The minimum Gasteiger partial charge on any atom is -0.399 e. The lowest BCUT2D eigenvalue weighted by Gasteiger charge is -2.09. The van der Waals surface area contributed by atoms with Crippen molar-refractivity contribution in [2.45, 2.75) is 19.6 Å². The Morgan fingerprint density at radius 1 is 0.458 bits per heavy atom. The first-order valence-corrected chi connectivity index (χ1v) is 17.1. The van der Waals surface area contributed by atoms with Gasteiger partial charge in [0.1, 0.15) is 0 Å². The van der Waals surface area contributed by atoms with Crippen molar-refractivity contribution in [3.8, 4) is 0 Å². The van der Waals surface area contributed by atoms with E-state index in [1.807, 2.05) is 0 Å². The maximum atomic E-state index is 11.5. The van der Waals surface area contributed by atoms with Crippen LogP contribution in [-0.4, -0.2) is 33.5 Å². The van der Waals surface area contributed by atoms with Crippen LogP contribution in [0.15, 0.2) is 92.4 Å². The molecule has 4 amide bonds. The zero-order valence-corrected chi connectivity index (χ0v) is 27.5. The molecule has 0 aliphatic rings. The van der Waals surface area contributed by atoms with Crippen LogP contribution in [0.2, 0.25) is 0 Å². The van der Waals surface area contributed by atoms with Crippen molar-refractivity contribution in [1.29, 1.82) is 0 Å². The number of nitro benzene ring substituents is 2. The topological polar surface area (TPSA) is 311 Å². The van der Waals surface area contributed by atoms with Crippen molar-refractivity contribution >= 4 is 89.6 Å². The molecular formula is C28H24N8O8S4. The second-order valence-electron chi connectivity index (χ2n) is 9.18. The molecule has 0 unspecified atom stereocenters. The molecule has 0 saturated heterocycles. The van der Waals surface area contributed by atoms with Crippen molar-refractivity contribution in [1.82, 2.24) is 0 Å². The van der Waals surface area contributed by atoms with Crippen molar-refractivity contribution in [3.05, 3.63) is 115 Å². The number of nitrogens with zero attached hydrogens (tertiary/aromatic N) is 2. The van der Waals surface area contributed by atoms with E-state index in [9.17, 15) is 39.4 Å². The summed E-state index contributed by atoms with van der Waals surface area (Å²) in [6, 6.07) is 17.0. The van der Waals surface area contributed by atoms with E-state index in [-0.39, 0.29) is 22.5 Å². The van der Waals surface area contributed by atoms with Gasteiger partial charge >= 0.3 is 0 Å². The predicted molar refractivity (Wildman–Crippen MR) is 185 cm³/mol. The van der Waals surface area contributed by atoms with E-state index in [2.05, 4.69) is 0 Å². The number of hydrogen-bond donors (Lipinski definition) is 6. The molecule has 0 spiro atoms. The molecule has 0 radical (unpaired) electrons. The van der Waals surface area contributed by atoms with Gasteiger partial charge in [-0.15, -0.1) is 0 Å². The van der Waals surface area contributed by atoms with Crippen LogP contribution in [0.5, 0.6) is 0 Å². The molecule has 0 bridgehead atoms. The highest BCUT2D eigenvalue weighted by molar-refractivity contribution is 8.77. The molecule has 0 fully saturated rings. The van der Waals surface area contributed by atoms with Crippen LogP contribution in [0.25, 0.3) is 0 Å². The molecule has 0 saturated carbocycles. The van der Waals surface area contributed by atoms with Gasteiger partial charge in [0.05, 0.1) is 32.1 Å². The maximum absolute atomic E-state index is 11.5. The smallest absolute Gasteiger partial charge is 0.270 e. The lowest BCUT2D eigenvalue weighted by Crippen LogP contribution is -2.13. The van der Waals surface area contributed by atoms with Crippen LogP contribution < -0.4 is 34.4 Å². The Morgan fingerprint density at radius 3 is 0.958 bits per heavy atom. The lowest BCUT2D eigenvalue weighted by atomic mass is 10.2. The number of anilines is 2. The van der Waals surface area contributed by atoms with E-state index >= 15 is 0 Å². The molecule has 248 valence electrons. The quantitative estimate of drug-likeness (QED) is 0.0511. The monoisotopic (exact) mass is 728 g/mol. The Kier molecular flexibility index (Phi) is 12.7. The number of rotatable bonds is 12. The molecule has 0 aliphatic heterocycles. The third kappa shape index (κ3) is 9.78. The molecule has 20 heteroatoms. The molecule has 0 aromatic heterocycles. The summed E-state index contributed by atoms with van der Waals surface area (Å²) in [5.74, 6) is -2.84. The van der Waals surface area contributed by atoms with E-state index < -0.39 is 33.5 Å². The standard InChI is InChI=1S/C14H10N4O6S2.C14H14N4O2S2/c15-13(19)9-5-7(17(21)22)1-3-11(9)25-26-12-4-2-8(18(23)24)6-10(12)14(16)20;15-7-1-3-11(9(5-7)13(17)19)21-22-12-4-2-8(16)6-10(12)14(18)20/h1-6H,(H2,15,19)(H2,16,20);1-6H,15-16H2,(H2,17,19)(H2,18,20). The van der Waals surface area contributed by atoms with Crippen molar-refractivity contribution in [2.24, 2.45) is 22.9 Å². The fraction of sp³-hybridized carbons (Fsp3) is 0. The summed E-state index contributed by atoms with van der Waals surface area (Å²) >= 11 is 0. The van der Waals surface area contributed by atoms with Gasteiger partial charge in [-0.25, -0.2) is 0 Å². The molecule has 12 N–H and O–H groups in total. The minimum absolute atomic E-state index is 0.0563. The molecular weight excluding hydrogens is 705 g/mol. The molecule has 0 aliphatic carbocycles. The fourth-order valence-corrected chi connectivity index (χ4v) is 8.27. The number of non-ortho nitro benzene ring substituents is 2. The average Bonchev–Trinajstić information content (AvgIpc) is 3.03. The number of nitrogens with two attached hydrogens (primary N) is 6. The van der Waals surface area contributed by atoms with Crippen molar-refractivity contribution in [2.75, 3.05) is 11.5 Å². The normalized spacial score (nSPS) is 10.3. The largest absolute Gasteiger partial charge is 0.399 e. The number of carbonyl (C=O) groups is 4. The first-order valence-electron chi connectivity index (χ1n) is 12.8. The van der Waals surface area contributed by atoms with Gasteiger partial charge in [-0.2, -0.15) is 0 Å². The molecule has 0 heterocycles. The van der Waals surface area contributed by atoms with Crippen molar-refractivity contribution in [3.63, 3.8) is 0 Å². The molecule has 48 heavy (non-hydrogen) atoms. The van der Waals surface area contributed by atoms with Gasteiger partial charge in [0.2, 0.25) is 23.6 Å². The number of hydrogen-bond acceptors (Lipinski definition) is 14. The highest BCUT2D eigenvalue weighted by Gasteiger charge is 2.19. The highest BCUT2D eigenvalue weighted by atomic mass is 33.1. The summed E-state index contributed by atoms with van der Waals surface area (Å²) in [6.45, 7) is 0. The van der Waals surface area contributed by atoms with Gasteiger partial charge in [-0.05, 0) is 48.5 Å². The lowest BCUT2D eigenvalue weighted by molar-refractivity contribution is -0.385. The third-order valence-corrected chi connectivity index (χ3v) is 10.8. The van der Waals surface area contributed by atoms with E-state index in [1.165, 1.54) is 58.0 Å². The summed E-state index contributed by atoms with van der Waals surface area (Å²) in [5.41, 5.74) is 33.4. The average molecular weight is 729 g/mol. The number of nitrogen functional groups attached to an aromatic ring is 2. The summed E-state index contributed by atoms with van der Waals surface area (Å²) in [5, 5.41) is 21.6. The number of carbonyl (C=O) groups excluding carboxylic acids is 4. The van der Waals surface area contributed by atoms with Crippen LogP contribution in [0.1, 0.15) is 41.4 Å². The highest BCUT2D eigenvalue weighted by Crippen LogP contribution is 2.43. The van der Waals surface area contributed by atoms with Crippen LogP contribution in [-0.2, 0) is 0 Å². The zero-order valence-electron chi connectivity index (χ0n) is 24.2. The second kappa shape index (κ2) is 16.4. The van der Waals surface area contributed by atoms with Gasteiger partial charge < -0.3 is 34.4 Å². The zero-order chi connectivity index (χ0) is 35.7. The Balaban J connectivity index is 0.000000264. The Bertz CT molecular complexity index is 1820. The van der Waals surface area contributed by atoms with Crippen molar-refractivity contribution < 1.29 is 29.0 Å². The summed E-state index contributed by atoms with van der Waals surface area (Å²) < 4.78 is 0. The van der Waals surface area contributed by atoms with E-state index in [1.54, 1.807) is 24.3 Å². The van der Waals surface area contributed by atoms with Crippen LogP contribution in [0.4, 0.5) is 22.7 Å². The first-order chi connectivity index (χ1) is 22.6. The van der Waals surface area contributed by atoms with Crippen LogP contribution in [0.3, 0.4) is 0 Å². The van der Waals surface area contributed by atoms with Gasteiger partial charge in [-0.3, -0.25) is 39.4 Å². The molecule has 4 rings (SSSR count). The number of nitro groups is 2. The van der Waals surface area contributed by atoms with Gasteiger partial charge in [-0.1, -0.05) is 43.2 Å². The maximum Gasteiger partial charge on any atom is 0.270 e. The van der Waals surface area contributed by atoms with Crippen LogP contribution in [0, 0.1) is 20.2 Å².